The number of hydrogen-bond donors (Lipinski definition) is 4. The first-order valence-corrected chi connectivity index (χ1v) is 20.1. The number of rotatable bonds is 8. The van der Waals surface area contributed by atoms with Gasteiger partial charge in [-0.1, -0.05) is 24.3 Å². The number of nitrogens with one attached hydrogen (secondary N) is 2. The highest BCUT2D eigenvalue weighted by Crippen LogP contribution is 2.35. The van der Waals surface area contributed by atoms with Crippen LogP contribution in [0.5, 0.6) is 0 Å². The summed E-state index contributed by atoms with van der Waals surface area (Å²) >= 11 is 0. The number of nitrogens with two attached hydrogens (primary N) is 2. The van der Waals surface area contributed by atoms with Crippen molar-refractivity contribution < 1.29 is 36.1 Å². The number of aromatic nitrogens is 6. The number of anilines is 2. The van der Waals surface area contributed by atoms with E-state index in [9.17, 15) is 9.59 Å². The van der Waals surface area contributed by atoms with Gasteiger partial charge in [0.2, 0.25) is 35.3 Å². The summed E-state index contributed by atoms with van der Waals surface area (Å²) in [7, 11) is 0. The Balaban J connectivity index is 1.07. The maximum atomic E-state index is 13.9. The number of carbonyl (C=O) groups excluding carboxylic acids is 2. The molecule has 7 heterocycles. The van der Waals surface area contributed by atoms with Crippen molar-refractivity contribution in [2.45, 2.75) is 78.3 Å². The van der Waals surface area contributed by atoms with Gasteiger partial charge >= 0.3 is 0 Å². The van der Waals surface area contributed by atoms with Crippen molar-refractivity contribution in [2.24, 2.45) is 0 Å². The molecule has 0 radical (unpaired) electrons. The van der Waals surface area contributed by atoms with E-state index < -0.39 is 23.9 Å². The number of fused-ring (bicyclic) bond motifs is 16. The number of nitrogens with zero attached hydrogens (tertiary/aromatic N) is 6. The Bertz CT molecular complexity index is 2700. The van der Waals surface area contributed by atoms with Gasteiger partial charge in [-0.05, 0) is 102 Å². The maximum absolute atomic E-state index is 13.9. The molecule has 0 fully saturated rings. The summed E-state index contributed by atoms with van der Waals surface area (Å²) in [6, 6.07) is 13.9. The van der Waals surface area contributed by atoms with Crippen molar-refractivity contribution in [3.05, 3.63) is 118 Å². The van der Waals surface area contributed by atoms with Gasteiger partial charge in [-0.15, -0.1) is 0 Å². The molecular weight excluding hydrogens is 797 g/mol. The normalized spacial score (nSPS) is 15.3. The first kappa shape index (κ1) is 39.7. The van der Waals surface area contributed by atoms with Crippen LogP contribution in [-0.2, 0) is 12.8 Å². The van der Waals surface area contributed by atoms with Crippen LogP contribution in [0.1, 0.15) is 105 Å². The standard InChI is InChI=1S/C44H42N10O8/c1-21-33-41-49-31(19-57-41)37(55)47-30(10-6-8-26-13-17-28(46)18-14-26)40-52-36(24(4)60-40)44-54-34(22(2)62-44)42-50-32(20-58-42)38(56)48-29(9-5-7-25-11-15-27(45)16-12-25)39-51-35(23(3)59-39)43(53-33)61-21/h11-20,29-30H,5-10,45-46H2,1-4H3,(H,47,55)(H,48,56)/t29-,30-/m0/s1. The molecule has 1 aliphatic rings. The largest absolute Gasteiger partial charge is 0.443 e. The third-order valence-electron chi connectivity index (χ3n) is 10.6. The fourth-order valence-corrected chi connectivity index (χ4v) is 7.26. The molecule has 12 bridgehead atoms. The molecule has 0 saturated carbocycles. The van der Waals surface area contributed by atoms with Gasteiger partial charge in [0.05, 0.1) is 0 Å². The van der Waals surface area contributed by atoms with Crippen molar-refractivity contribution in [3.8, 4) is 46.3 Å². The smallest absolute Gasteiger partial charge is 0.273 e. The number of oxazole rings is 6. The van der Waals surface area contributed by atoms with Crippen LogP contribution in [0.4, 0.5) is 11.4 Å². The first-order valence-electron chi connectivity index (χ1n) is 20.1. The molecule has 0 spiro atoms. The highest BCUT2D eigenvalue weighted by molar-refractivity contribution is 5.93. The summed E-state index contributed by atoms with van der Waals surface area (Å²) in [5, 5.41) is 6.05. The van der Waals surface area contributed by atoms with Crippen LogP contribution in [0.2, 0.25) is 0 Å². The van der Waals surface area contributed by atoms with E-state index in [2.05, 4.69) is 30.6 Å². The Hall–Kier alpha value is -7.76. The van der Waals surface area contributed by atoms with E-state index in [4.69, 9.17) is 47.9 Å². The molecule has 2 aromatic carbocycles. The summed E-state index contributed by atoms with van der Waals surface area (Å²) in [6.45, 7) is 6.84. The molecule has 18 nitrogen and oxygen atoms in total. The Kier molecular flexibility index (Phi) is 10.5. The molecule has 6 aromatic heterocycles. The number of amides is 2. The lowest BCUT2D eigenvalue weighted by Gasteiger charge is -2.15. The predicted molar refractivity (Wildman–Crippen MR) is 222 cm³/mol. The highest BCUT2D eigenvalue weighted by Gasteiger charge is 2.31. The molecule has 0 saturated heterocycles. The SMILES string of the molecule is Cc1oc2nc1-c1nc(co1)C(=O)N[C@@H](CCCc1ccc(N)cc1)c1nc(c(C)o1)-c1nc(c(C)o1)-c1nc(co1)C(=O)N[C@@H](CCCc1ccc(N)cc1)c1nc-2c(C)o1. The molecule has 62 heavy (non-hydrogen) atoms. The molecular formula is C44H42N10O8. The minimum absolute atomic E-state index is 0.00110. The first-order chi connectivity index (χ1) is 29.9. The van der Waals surface area contributed by atoms with Gasteiger partial charge in [0.1, 0.15) is 47.7 Å². The summed E-state index contributed by atoms with van der Waals surface area (Å²) in [4.78, 5) is 55.6. The highest BCUT2D eigenvalue weighted by atomic mass is 16.4. The zero-order chi connectivity index (χ0) is 43.1. The van der Waals surface area contributed by atoms with Gasteiger partial charge < -0.3 is 48.6 Å². The van der Waals surface area contributed by atoms with E-state index >= 15 is 0 Å². The fraction of sp³-hybridized carbons (Fsp3) is 0.273. The fourth-order valence-electron chi connectivity index (χ4n) is 7.26. The van der Waals surface area contributed by atoms with Crippen LogP contribution >= 0.6 is 0 Å². The lowest BCUT2D eigenvalue weighted by molar-refractivity contribution is 0.0914. The Morgan fingerprint density at radius 2 is 0.871 bits per heavy atom. The van der Waals surface area contributed by atoms with Crippen molar-refractivity contribution in [1.29, 1.82) is 0 Å². The van der Waals surface area contributed by atoms with E-state index in [0.717, 1.165) is 11.1 Å². The minimum atomic E-state index is -0.691. The number of carbonyl (C=O) groups is 2. The van der Waals surface area contributed by atoms with E-state index in [0.29, 0.717) is 84.3 Å². The van der Waals surface area contributed by atoms with E-state index in [1.807, 2.05) is 48.5 Å². The van der Waals surface area contributed by atoms with Gasteiger partial charge in [-0.3, -0.25) is 9.59 Å². The van der Waals surface area contributed by atoms with Gasteiger partial charge in [0, 0.05) is 11.4 Å². The summed E-state index contributed by atoms with van der Waals surface area (Å²) in [5.74, 6) is 1.33. The molecule has 9 rings (SSSR count). The van der Waals surface area contributed by atoms with Crippen LogP contribution in [0.25, 0.3) is 46.3 Å². The number of hydrogen-bond acceptors (Lipinski definition) is 16. The molecule has 316 valence electrons. The Morgan fingerprint density at radius 3 is 1.27 bits per heavy atom. The van der Waals surface area contributed by atoms with E-state index in [-0.39, 0.29) is 58.1 Å². The van der Waals surface area contributed by atoms with Crippen molar-refractivity contribution in [3.63, 3.8) is 0 Å². The van der Waals surface area contributed by atoms with Crippen molar-refractivity contribution in [1.82, 2.24) is 40.5 Å². The topological polar surface area (TPSA) is 266 Å². The molecule has 18 heteroatoms. The molecule has 2 amide bonds. The summed E-state index contributed by atoms with van der Waals surface area (Å²) < 4.78 is 36.1. The second-order valence-corrected chi connectivity index (χ2v) is 15.2. The molecule has 1 aliphatic heterocycles. The predicted octanol–water partition coefficient (Wildman–Crippen LogP) is 7.98. The van der Waals surface area contributed by atoms with Gasteiger partial charge in [-0.2, -0.15) is 0 Å². The lowest BCUT2D eigenvalue weighted by atomic mass is 10.0. The van der Waals surface area contributed by atoms with Crippen LogP contribution in [-0.4, -0.2) is 41.7 Å². The summed E-state index contributed by atoms with van der Waals surface area (Å²) in [5.41, 5.74) is 16.5. The average Bonchev–Trinajstić information content (AvgIpc) is 4.12. The average molecular weight is 839 g/mol. The molecule has 6 N–H and O–H groups in total. The van der Waals surface area contributed by atoms with E-state index in [1.54, 1.807) is 27.7 Å². The monoisotopic (exact) mass is 838 g/mol. The maximum Gasteiger partial charge on any atom is 0.273 e. The summed E-state index contributed by atoms with van der Waals surface area (Å²) in [6.07, 6.45) is 6.13. The zero-order valence-corrected chi connectivity index (χ0v) is 34.3. The molecule has 0 aliphatic carbocycles. The van der Waals surface area contributed by atoms with Gasteiger partial charge in [0.25, 0.3) is 11.8 Å². The molecule has 0 unspecified atom stereocenters. The third-order valence-corrected chi connectivity index (χ3v) is 10.6. The minimum Gasteiger partial charge on any atom is -0.443 e. The van der Waals surface area contributed by atoms with Crippen LogP contribution in [0, 0.1) is 27.7 Å². The van der Waals surface area contributed by atoms with E-state index in [1.165, 1.54) is 12.5 Å². The lowest BCUT2D eigenvalue weighted by Crippen LogP contribution is -2.29. The second-order valence-electron chi connectivity index (χ2n) is 15.2. The molecule has 2 atom stereocenters. The van der Waals surface area contributed by atoms with Crippen molar-refractivity contribution in [2.75, 3.05) is 11.5 Å². The third kappa shape index (κ3) is 8.09. The van der Waals surface area contributed by atoms with Gasteiger partial charge in [0.15, 0.2) is 34.2 Å². The number of nitrogen functional groups attached to an aromatic ring is 2. The van der Waals surface area contributed by atoms with Crippen LogP contribution in [0.15, 0.2) is 87.6 Å². The second kappa shape index (κ2) is 16.4. The van der Waals surface area contributed by atoms with Crippen LogP contribution < -0.4 is 22.1 Å². The van der Waals surface area contributed by atoms with Crippen molar-refractivity contribution >= 4 is 23.2 Å². The van der Waals surface area contributed by atoms with Crippen LogP contribution in [0.3, 0.4) is 0 Å². The molecule has 8 aromatic rings. The Labute approximate surface area is 353 Å². The Morgan fingerprint density at radius 1 is 0.500 bits per heavy atom. The number of benzene rings is 2. The number of aryl methyl sites for hydroxylation is 6. The quantitative estimate of drug-likeness (QED) is 0.106. The zero-order valence-electron chi connectivity index (χ0n) is 34.3. The van der Waals surface area contributed by atoms with Gasteiger partial charge in [-0.25, -0.2) is 29.9 Å².